The van der Waals surface area contributed by atoms with E-state index in [1.165, 1.54) is 64.2 Å². The highest BCUT2D eigenvalue weighted by atomic mass is 16.5. The third-order valence-corrected chi connectivity index (χ3v) is 6.08. The number of rotatable bonds is 4. The Balaban J connectivity index is 1.51. The predicted octanol–water partition coefficient (Wildman–Crippen LogP) is 2.93. The zero-order valence-electron chi connectivity index (χ0n) is 13.2. The summed E-state index contributed by atoms with van der Waals surface area (Å²) in [5.74, 6) is 0.713. The van der Waals surface area contributed by atoms with Gasteiger partial charge in [-0.2, -0.15) is 0 Å². The van der Waals surface area contributed by atoms with Crippen LogP contribution in [0.25, 0.3) is 0 Å². The van der Waals surface area contributed by atoms with Crippen LogP contribution in [0.5, 0.6) is 0 Å². The molecule has 1 spiro atoms. The zero-order chi connectivity index (χ0) is 14.0. The van der Waals surface area contributed by atoms with Gasteiger partial charge in [0.1, 0.15) is 0 Å². The van der Waals surface area contributed by atoms with Crippen LogP contribution in [0, 0.1) is 5.92 Å². The highest BCUT2D eigenvalue weighted by Gasteiger charge is 2.41. The SMILES string of the molecule is CN(CC1CCC2(CCCCC2)O1)C1CCCC1CN. The summed E-state index contributed by atoms with van der Waals surface area (Å²) in [6, 6.07) is 0.700. The first-order valence-corrected chi connectivity index (χ1v) is 8.80. The van der Waals surface area contributed by atoms with Crippen molar-refractivity contribution in [2.75, 3.05) is 20.1 Å². The molecule has 3 rings (SSSR count). The number of hydrogen-bond acceptors (Lipinski definition) is 3. The lowest BCUT2D eigenvalue weighted by molar-refractivity contribution is -0.0735. The average molecular weight is 280 g/mol. The average Bonchev–Trinajstić information content (AvgIpc) is 3.07. The van der Waals surface area contributed by atoms with Crippen molar-refractivity contribution in [3.05, 3.63) is 0 Å². The Morgan fingerprint density at radius 3 is 2.60 bits per heavy atom. The van der Waals surface area contributed by atoms with Crippen molar-refractivity contribution in [3.8, 4) is 0 Å². The van der Waals surface area contributed by atoms with Gasteiger partial charge in [0, 0.05) is 12.6 Å². The molecule has 0 aromatic rings. The molecule has 2 aliphatic carbocycles. The first-order valence-electron chi connectivity index (χ1n) is 8.80. The van der Waals surface area contributed by atoms with Gasteiger partial charge >= 0.3 is 0 Å². The van der Waals surface area contributed by atoms with Gasteiger partial charge in [-0.25, -0.2) is 0 Å². The van der Waals surface area contributed by atoms with Gasteiger partial charge < -0.3 is 15.4 Å². The molecule has 2 N–H and O–H groups in total. The normalized spacial score (nSPS) is 37.0. The van der Waals surface area contributed by atoms with Crippen molar-refractivity contribution in [2.24, 2.45) is 11.7 Å². The number of ether oxygens (including phenoxy) is 1. The Bertz CT molecular complexity index is 314. The van der Waals surface area contributed by atoms with Gasteiger partial charge in [-0.05, 0) is 58.0 Å². The first-order chi connectivity index (χ1) is 9.72. The van der Waals surface area contributed by atoms with Crippen LogP contribution in [0.15, 0.2) is 0 Å². The fourth-order valence-electron chi connectivity index (χ4n) is 4.92. The van der Waals surface area contributed by atoms with Crippen LogP contribution in [-0.2, 0) is 4.74 Å². The number of nitrogens with zero attached hydrogens (tertiary/aromatic N) is 1. The van der Waals surface area contributed by atoms with Crippen LogP contribution >= 0.6 is 0 Å². The number of nitrogens with two attached hydrogens (primary N) is 1. The molecule has 1 heterocycles. The molecule has 3 unspecified atom stereocenters. The van der Waals surface area contributed by atoms with Gasteiger partial charge in [-0.15, -0.1) is 0 Å². The van der Waals surface area contributed by atoms with Gasteiger partial charge in [0.2, 0.25) is 0 Å². The Morgan fingerprint density at radius 2 is 1.85 bits per heavy atom. The van der Waals surface area contributed by atoms with E-state index in [0.29, 0.717) is 18.1 Å². The monoisotopic (exact) mass is 280 g/mol. The molecule has 0 radical (unpaired) electrons. The molecule has 2 saturated carbocycles. The predicted molar refractivity (Wildman–Crippen MR) is 82.7 cm³/mol. The van der Waals surface area contributed by atoms with Crippen LogP contribution in [0.2, 0.25) is 0 Å². The fourth-order valence-corrected chi connectivity index (χ4v) is 4.92. The zero-order valence-corrected chi connectivity index (χ0v) is 13.2. The first kappa shape index (κ1) is 14.8. The standard InChI is InChI=1S/C17H32N2O/c1-19(16-7-5-6-14(16)12-18)13-15-8-11-17(20-15)9-3-2-4-10-17/h14-16H,2-13,18H2,1H3. The summed E-state index contributed by atoms with van der Waals surface area (Å²) in [5.41, 5.74) is 6.19. The minimum atomic E-state index is 0.271. The summed E-state index contributed by atoms with van der Waals surface area (Å²) in [7, 11) is 2.29. The maximum Gasteiger partial charge on any atom is 0.0710 e. The topological polar surface area (TPSA) is 38.5 Å². The summed E-state index contributed by atoms with van der Waals surface area (Å²) < 4.78 is 6.52. The molecule has 3 aliphatic rings. The molecule has 1 aliphatic heterocycles. The van der Waals surface area contributed by atoms with E-state index in [1.54, 1.807) is 0 Å². The van der Waals surface area contributed by atoms with E-state index in [2.05, 4.69) is 11.9 Å². The Morgan fingerprint density at radius 1 is 1.05 bits per heavy atom. The van der Waals surface area contributed by atoms with E-state index in [9.17, 15) is 0 Å². The minimum Gasteiger partial charge on any atom is -0.370 e. The van der Waals surface area contributed by atoms with E-state index in [0.717, 1.165) is 13.1 Å². The third kappa shape index (κ3) is 3.05. The van der Waals surface area contributed by atoms with E-state index in [-0.39, 0.29) is 5.60 Å². The molecule has 20 heavy (non-hydrogen) atoms. The second-order valence-electron chi connectivity index (χ2n) is 7.46. The van der Waals surface area contributed by atoms with Crippen molar-refractivity contribution in [3.63, 3.8) is 0 Å². The largest absolute Gasteiger partial charge is 0.370 e. The lowest BCUT2D eigenvalue weighted by Gasteiger charge is -2.35. The van der Waals surface area contributed by atoms with Crippen LogP contribution in [-0.4, -0.2) is 42.8 Å². The minimum absolute atomic E-state index is 0.271. The van der Waals surface area contributed by atoms with Crippen LogP contribution in [0.3, 0.4) is 0 Å². The highest BCUT2D eigenvalue weighted by Crippen LogP contribution is 2.42. The summed E-state index contributed by atoms with van der Waals surface area (Å²) >= 11 is 0. The molecule has 3 nitrogen and oxygen atoms in total. The Hall–Kier alpha value is -0.120. The molecule has 3 atom stereocenters. The van der Waals surface area contributed by atoms with Crippen molar-refractivity contribution in [2.45, 2.75) is 82.0 Å². The smallest absolute Gasteiger partial charge is 0.0710 e. The second-order valence-corrected chi connectivity index (χ2v) is 7.46. The van der Waals surface area contributed by atoms with Crippen LogP contribution in [0.1, 0.15) is 64.2 Å². The molecular formula is C17H32N2O. The van der Waals surface area contributed by atoms with Gasteiger partial charge in [-0.3, -0.25) is 0 Å². The molecule has 0 bridgehead atoms. The molecule has 116 valence electrons. The van der Waals surface area contributed by atoms with Gasteiger partial charge in [0.15, 0.2) is 0 Å². The van der Waals surface area contributed by atoms with Crippen molar-refractivity contribution < 1.29 is 4.74 Å². The lowest BCUT2D eigenvalue weighted by Crippen LogP contribution is -2.42. The molecular weight excluding hydrogens is 248 g/mol. The van der Waals surface area contributed by atoms with Crippen molar-refractivity contribution in [1.29, 1.82) is 0 Å². The molecule has 0 aromatic carbocycles. The van der Waals surface area contributed by atoms with E-state index in [4.69, 9.17) is 10.5 Å². The van der Waals surface area contributed by atoms with Gasteiger partial charge in [0.05, 0.1) is 11.7 Å². The lowest BCUT2D eigenvalue weighted by atomic mass is 9.83. The molecule has 3 heteroatoms. The Labute approximate surface area is 124 Å². The quantitative estimate of drug-likeness (QED) is 0.860. The van der Waals surface area contributed by atoms with Crippen molar-refractivity contribution in [1.82, 2.24) is 4.90 Å². The maximum atomic E-state index is 6.52. The maximum absolute atomic E-state index is 6.52. The van der Waals surface area contributed by atoms with Gasteiger partial charge in [-0.1, -0.05) is 25.7 Å². The molecule has 3 fully saturated rings. The summed E-state index contributed by atoms with van der Waals surface area (Å²) in [4.78, 5) is 2.55. The van der Waals surface area contributed by atoms with Crippen LogP contribution in [0.4, 0.5) is 0 Å². The van der Waals surface area contributed by atoms with E-state index >= 15 is 0 Å². The van der Waals surface area contributed by atoms with Crippen LogP contribution < -0.4 is 5.73 Å². The van der Waals surface area contributed by atoms with Crippen molar-refractivity contribution >= 4 is 0 Å². The molecule has 1 saturated heterocycles. The van der Waals surface area contributed by atoms with E-state index in [1.807, 2.05) is 0 Å². The number of likely N-dealkylation sites (N-methyl/N-ethyl adjacent to an activating group) is 1. The summed E-state index contributed by atoms with van der Waals surface area (Å²) in [5, 5.41) is 0. The van der Waals surface area contributed by atoms with Gasteiger partial charge in [0.25, 0.3) is 0 Å². The molecule has 0 aromatic heterocycles. The molecule has 0 amide bonds. The summed E-state index contributed by atoms with van der Waals surface area (Å²) in [6.45, 7) is 1.97. The van der Waals surface area contributed by atoms with E-state index < -0.39 is 0 Å². The fraction of sp³-hybridized carbons (Fsp3) is 1.00. The summed E-state index contributed by atoms with van der Waals surface area (Å²) in [6.07, 6.45) is 13.8. The second kappa shape index (κ2) is 6.33. The Kier molecular flexibility index (Phi) is 4.68. The highest BCUT2D eigenvalue weighted by molar-refractivity contribution is 4.93. The third-order valence-electron chi connectivity index (χ3n) is 6.08. The number of hydrogen-bond donors (Lipinski definition) is 1.